The molecule has 0 spiro atoms. The molecule has 0 bridgehead atoms. The fraction of sp³-hybridized carbons (Fsp3) is 0.500. The van der Waals surface area contributed by atoms with E-state index in [1.165, 1.54) is 4.57 Å². The number of hydrogen-bond donors (Lipinski definition) is 1. The Morgan fingerprint density at radius 2 is 2.10 bits per heavy atom. The predicted molar refractivity (Wildman–Crippen MR) is 73.0 cm³/mol. The summed E-state index contributed by atoms with van der Waals surface area (Å²) in [6.45, 7) is 2.47. The number of alkyl halides is 3. The van der Waals surface area contributed by atoms with E-state index in [4.69, 9.17) is 10.2 Å². The number of nitrogens with zero attached hydrogens (tertiary/aromatic N) is 1. The second-order valence-electron chi connectivity index (χ2n) is 5.01. The van der Waals surface area contributed by atoms with E-state index in [0.29, 0.717) is 23.2 Å². The summed E-state index contributed by atoms with van der Waals surface area (Å²) in [5.41, 5.74) is 7.29. The van der Waals surface area contributed by atoms with Gasteiger partial charge in [-0.15, -0.1) is 0 Å². The highest BCUT2D eigenvalue weighted by Gasteiger charge is 2.28. The molecule has 2 rings (SSSR count). The first kappa shape index (κ1) is 15.6. The van der Waals surface area contributed by atoms with Gasteiger partial charge < -0.3 is 10.2 Å². The van der Waals surface area contributed by atoms with Crippen LogP contribution in [0, 0.1) is 0 Å². The standard InChI is InChI=1S/C14H17F3N2O2/c1-2-7-19-11-4-3-9(8-12(11)21-13(19)20)10(18)5-6-14(15,16)17/h3-4,8,10H,2,5-7,18H2,1H3. The van der Waals surface area contributed by atoms with Crippen LogP contribution in [0.25, 0.3) is 11.1 Å². The molecule has 7 heteroatoms. The van der Waals surface area contributed by atoms with Gasteiger partial charge >= 0.3 is 11.9 Å². The molecule has 0 aliphatic rings. The van der Waals surface area contributed by atoms with Crippen molar-refractivity contribution in [1.29, 1.82) is 0 Å². The Hall–Kier alpha value is -1.76. The van der Waals surface area contributed by atoms with Crippen molar-refractivity contribution in [3.63, 3.8) is 0 Å². The summed E-state index contributed by atoms with van der Waals surface area (Å²) in [5.74, 6) is -0.465. The minimum atomic E-state index is -4.22. The van der Waals surface area contributed by atoms with E-state index < -0.39 is 24.4 Å². The van der Waals surface area contributed by atoms with Crippen molar-refractivity contribution in [2.45, 2.75) is 44.9 Å². The van der Waals surface area contributed by atoms with Gasteiger partial charge in [-0.3, -0.25) is 4.57 Å². The molecule has 0 aliphatic carbocycles. The van der Waals surface area contributed by atoms with E-state index >= 15 is 0 Å². The molecule has 1 atom stereocenters. The Balaban J connectivity index is 2.25. The molecular formula is C14H17F3N2O2. The van der Waals surface area contributed by atoms with Crippen molar-refractivity contribution < 1.29 is 17.6 Å². The zero-order valence-electron chi connectivity index (χ0n) is 11.6. The van der Waals surface area contributed by atoms with E-state index in [9.17, 15) is 18.0 Å². The molecular weight excluding hydrogens is 285 g/mol. The lowest BCUT2D eigenvalue weighted by Crippen LogP contribution is -2.15. The molecule has 2 N–H and O–H groups in total. The van der Waals surface area contributed by atoms with E-state index in [-0.39, 0.29) is 6.42 Å². The average Bonchev–Trinajstić information content (AvgIpc) is 2.71. The second-order valence-corrected chi connectivity index (χ2v) is 5.01. The van der Waals surface area contributed by atoms with Crippen molar-refractivity contribution in [2.24, 2.45) is 5.73 Å². The Labute approximate surface area is 119 Å². The molecule has 4 nitrogen and oxygen atoms in total. The molecule has 1 aromatic heterocycles. The van der Waals surface area contributed by atoms with E-state index in [2.05, 4.69) is 0 Å². The molecule has 0 aliphatic heterocycles. The monoisotopic (exact) mass is 302 g/mol. The summed E-state index contributed by atoms with van der Waals surface area (Å²) >= 11 is 0. The van der Waals surface area contributed by atoms with Crippen molar-refractivity contribution in [2.75, 3.05) is 0 Å². The van der Waals surface area contributed by atoms with Crippen LogP contribution in [0.1, 0.15) is 37.8 Å². The van der Waals surface area contributed by atoms with Crippen LogP contribution in [-0.2, 0) is 6.54 Å². The van der Waals surface area contributed by atoms with Crippen molar-refractivity contribution in [3.8, 4) is 0 Å². The first-order valence-corrected chi connectivity index (χ1v) is 6.77. The van der Waals surface area contributed by atoms with Crippen LogP contribution < -0.4 is 11.5 Å². The molecule has 0 fully saturated rings. The van der Waals surface area contributed by atoms with E-state index in [1.807, 2.05) is 6.92 Å². The Kier molecular flexibility index (Phi) is 4.41. The highest BCUT2D eigenvalue weighted by Crippen LogP contribution is 2.27. The largest absolute Gasteiger partial charge is 0.419 e. The number of rotatable bonds is 5. The van der Waals surface area contributed by atoms with Crippen LogP contribution in [0.2, 0.25) is 0 Å². The van der Waals surface area contributed by atoms with Crippen LogP contribution in [0.15, 0.2) is 27.4 Å². The van der Waals surface area contributed by atoms with Gasteiger partial charge in [-0.25, -0.2) is 4.79 Å². The molecule has 0 radical (unpaired) electrons. The quantitative estimate of drug-likeness (QED) is 0.921. The van der Waals surface area contributed by atoms with Crippen LogP contribution >= 0.6 is 0 Å². The van der Waals surface area contributed by atoms with E-state index in [1.54, 1.807) is 18.2 Å². The molecule has 1 heterocycles. The minimum Gasteiger partial charge on any atom is -0.408 e. The van der Waals surface area contributed by atoms with Gasteiger partial charge in [-0.2, -0.15) is 13.2 Å². The molecule has 116 valence electrons. The number of hydrogen-bond acceptors (Lipinski definition) is 3. The zero-order valence-corrected chi connectivity index (χ0v) is 11.6. The summed E-state index contributed by atoms with van der Waals surface area (Å²) in [7, 11) is 0. The number of aromatic nitrogens is 1. The van der Waals surface area contributed by atoms with Gasteiger partial charge in [0, 0.05) is 19.0 Å². The number of benzene rings is 1. The third-order valence-electron chi connectivity index (χ3n) is 3.31. The predicted octanol–water partition coefficient (Wildman–Crippen LogP) is 3.35. The minimum absolute atomic E-state index is 0.199. The SMILES string of the molecule is CCCn1c(=O)oc2cc(C(N)CCC(F)(F)F)ccc21. The molecule has 0 saturated heterocycles. The Morgan fingerprint density at radius 1 is 1.38 bits per heavy atom. The van der Waals surface area contributed by atoms with Gasteiger partial charge in [0.15, 0.2) is 5.58 Å². The lowest BCUT2D eigenvalue weighted by molar-refractivity contribution is -0.136. The van der Waals surface area contributed by atoms with Crippen molar-refractivity contribution in [1.82, 2.24) is 4.57 Å². The highest BCUT2D eigenvalue weighted by molar-refractivity contribution is 5.73. The Bertz CT molecular complexity index is 673. The van der Waals surface area contributed by atoms with Crippen LogP contribution in [0.4, 0.5) is 13.2 Å². The summed E-state index contributed by atoms with van der Waals surface area (Å²) in [6.07, 6.45) is -4.58. The van der Waals surface area contributed by atoms with Gasteiger partial charge in [0.1, 0.15) is 0 Å². The third-order valence-corrected chi connectivity index (χ3v) is 3.31. The Morgan fingerprint density at radius 3 is 2.71 bits per heavy atom. The second kappa shape index (κ2) is 5.93. The zero-order chi connectivity index (χ0) is 15.6. The van der Waals surface area contributed by atoms with Crippen LogP contribution in [-0.4, -0.2) is 10.7 Å². The van der Waals surface area contributed by atoms with Crippen molar-refractivity contribution >= 4 is 11.1 Å². The molecule has 0 amide bonds. The first-order chi connectivity index (χ1) is 9.81. The lowest BCUT2D eigenvalue weighted by Gasteiger charge is -2.13. The van der Waals surface area contributed by atoms with Gasteiger partial charge in [-0.05, 0) is 30.5 Å². The number of fused-ring (bicyclic) bond motifs is 1. The average molecular weight is 302 g/mol. The smallest absolute Gasteiger partial charge is 0.408 e. The summed E-state index contributed by atoms with van der Waals surface area (Å²) in [5, 5.41) is 0. The normalized spacial score (nSPS) is 13.8. The number of oxazole rings is 1. The molecule has 1 aromatic carbocycles. The maximum atomic E-state index is 12.2. The molecule has 0 saturated carbocycles. The number of nitrogens with two attached hydrogens (primary N) is 1. The summed E-state index contributed by atoms with van der Waals surface area (Å²) in [4.78, 5) is 11.7. The lowest BCUT2D eigenvalue weighted by atomic mass is 10.0. The highest BCUT2D eigenvalue weighted by atomic mass is 19.4. The van der Waals surface area contributed by atoms with E-state index in [0.717, 1.165) is 6.42 Å². The first-order valence-electron chi connectivity index (χ1n) is 6.77. The summed E-state index contributed by atoms with van der Waals surface area (Å²) in [6, 6.07) is 4.11. The molecule has 21 heavy (non-hydrogen) atoms. The topological polar surface area (TPSA) is 61.2 Å². The summed E-state index contributed by atoms with van der Waals surface area (Å²) < 4.78 is 43.2. The van der Waals surface area contributed by atoms with Crippen molar-refractivity contribution in [3.05, 3.63) is 34.3 Å². The maximum Gasteiger partial charge on any atom is 0.419 e. The maximum absolute atomic E-state index is 12.2. The van der Waals surface area contributed by atoms with Crippen LogP contribution in [0.3, 0.4) is 0 Å². The van der Waals surface area contributed by atoms with Gasteiger partial charge in [0.25, 0.3) is 0 Å². The van der Waals surface area contributed by atoms with Gasteiger partial charge in [-0.1, -0.05) is 13.0 Å². The number of aryl methyl sites for hydroxylation is 1. The third kappa shape index (κ3) is 3.66. The number of halogens is 3. The van der Waals surface area contributed by atoms with Gasteiger partial charge in [0.05, 0.1) is 5.52 Å². The van der Waals surface area contributed by atoms with Gasteiger partial charge in [0.2, 0.25) is 0 Å². The van der Waals surface area contributed by atoms with Crippen LogP contribution in [0.5, 0.6) is 0 Å². The molecule has 2 aromatic rings. The molecule has 1 unspecified atom stereocenters. The fourth-order valence-electron chi connectivity index (χ4n) is 2.23. The fourth-order valence-corrected chi connectivity index (χ4v) is 2.23.